The van der Waals surface area contributed by atoms with Gasteiger partial charge in [0.25, 0.3) is 0 Å². The summed E-state index contributed by atoms with van der Waals surface area (Å²) in [6.07, 6.45) is 26.6. The minimum absolute atomic E-state index is 0.0825. The first kappa shape index (κ1) is 22.5. The van der Waals surface area contributed by atoms with Gasteiger partial charge in [-0.1, -0.05) is 110 Å². The standard InChI is InChI=1S/C24H44N/c1-5-8-10-15-20-24(25,21-16-11-9-6-2)23(22(4)17-7-3)18-13-12-14-19-23/h12-13,18,22H,5-11,15-17,19-21,25H2,1-4H3. The molecule has 1 nitrogen and oxygen atoms in total. The molecule has 1 heteroatoms. The summed E-state index contributed by atoms with van der Waals surface area (Å²) in [5, 5.41) is 0. The molecule has 0 aliphatic heterocycles. The monoisotopic (exact) mass is 346 g/mol. The Bertz CT molecular complexity index is 383. The van der Waals surface area contributed by atoms with E-state index in [0.717, 1.165) is 6.42 Å². The number of allylic oxidation sites excluding steroid dienone is 3. The average Bonchev–Trinajstić information content (AvgIpc) is 2.63. The zero-order chi connectivity index (χ0) is 18.6. The molecule has 0 amide bonds. The van der Waals surface area contributed by atoms with Crippen LogP contribution < -0.4 is 5.73 Å². The lowest BCUT2D eigenvalue weighted by Crippen LogP contribution is -2.58. The average molecular weight is 347 g/mol. The van der Waals surface area contributed by atoms with Crippen molar-refractivity contribution in [1.29, 1.82) is 0 Å². The Morgan fingerprint density at radius 3 is 2.00 bits per heavy atom. The Hall–Kier alpha value is -0.560. The second kappa shape index (κ2) is 11.9. The van der Waals surface area contributed by atoms with Crippen LogP contribution in [0.3, 0.4) is 0 Å². The Morgan fingerprint density at radius 1 is 0.960 bits per heavy atom. The van der Waals surface area contributed by atoms with E-state index in [2.05, 4.69) is 52.0 Å². The second-order valence-electron chi connectivity index (χ2n) is 8.41. The van der Waals surface area contributed by atoms with E-state index in [1.54, 1.807) is 0 Å². The van der Waals surface area contributed by atoms with Gasteiger partial charge in [-0.2, -0.15) is 0 Å². The molecule has 0 fully saturated rings. The van der Waals surface area contributed by atoms with Crippen molar-refractivity contribution in [3.63, 3.8) is 0 Å². The zero-order valence-electron chi connectivity index (χ0n) is 17.6. The lowest BCUT2D eigenvalue weighted by molar-refractivity contribution is 0.0765. The Morgan fingerprint density at radius 2 is 1.56 bits per heavy atom. The van der Waals surface area contributed by atoms with Crippen molar-refractivity contribution in [2.45, 2.75) is 117 Å². The van der Waals surface area contributed by atoms with Gasteiger partial charge in [-0.05, 0) is 31.3 Å². The molecule has 145 valence electrons. The van der Waals surface area contributed by atoms with Crippen LogP contribution in [0.15, 0.2) is 18.2 Å². The van der Waals surface area contributed by atoms with E-state index < -0.39 is 0 Å². The quantitative estimate of drug-likeness (QED) is 0.326. The Labute approximate surface area is 158 Å². The van der Waals surface area contributed by atoms with Crippen molar-refractivity contribution >= 4 is 0 Å². The van der Waals surface area contributed by atoms with E-state index in [4.69, 9.17) is 5.73 Å². The van der Waals surface area contributed by atoms with Crippen LogP contribution in [0.2, 0.25) is 0 Å². The summed E-state index contributed by atoms with van der Waals surface area (Å²) in [5.74, 6) is 0.623. The summed E-state index contributed by atoms with van der Waals surface area (Å²) in [6, 6.07) is 0. The number of hydrogen-bond acceptors (Lipinski definition) is 1. The molecule has 25 heavy (non-hydrogen) atoms. The summed E-state index contributed by atoms with van der Waals surface area (Å²) < 4.78 is 0. The molecule has 1 radical (unpaired) electrons. The number of hydrogen-bond donors (Lipinski definition) is 1. The fourth-order valence-electron chi connectivity index (χ4n) is 4.76. The highest BCUT2D eigenvalue weighted by Gasteiger charge is 2.48. The molecule has 0 spiro atoms. The molecule has 0 bridgehead atoms. The predicted octanol–water partition coefficient (Wildman–Crippen LogP) is 7.37. The molecule has 1 rings (SSSR count). The fraction of sp³-hybridized carbons (Fsp3) is 0.833. The number of rotatable bonds is 14. The van der Waals surface area contributed by atoms with Crippen molar-refractivity contribution in [2.24, 2.45) is 17.1 Å². The van der Waals surface area contributed by atoms with E-state index in [1.165, 1.54) is 77.0 Å². The van der Waals surface area contributed by atoms with Gasteiger partial charge < -0.3 is 5.73 Å². The van der Waals surface area contributed by atoms with Gasteiger partial charge >= 0.3 is 0 Å². The van der Waals surface area contributed by atoms with Crippen LogP contribution in [0.25, 0.3) is 0 Å². The highest BCUT2D eigenvalue weighted by molar-refractivity contribution is 5.22. The summed E-state index contributed by atoms with van der Waals surface area (Å²) in [5.41, 5.74) is 7.31. The van der Waals surface area contributed by atoms with Crippen LogP contribution in [-0.4, -0.2) is 5.54 Å². The molecular weight excluding hydrogens is 302 g/mol. The first-order chi connectivity index (χ1) is 12.1. The van der Waals surface area contributed by atoms with Gasteiger partial charge in [0.1, 0.15) is 0 Å². The molecule has 2 atom stereocenters. The lowest BCUT2D eigenvalue weighted by atomic mass is 9.56. The van der Waals surface area contributed by atoms with Crippen LogP contribution in [0.1, 0.15) is 111 Å². The lowest BCUT2D eigenvalue weighted by Gasteiger charge is -2.52. The van der Waals surface area contributed by atoms with E-state index in [1.807, 2.05) is 0 Å². The van der Waals surface area contributed by atoms with Gasteiger partial charge in [0.2, 0.25) is 0 Å². The largest absolute Gasteiger partial charge is 0.324 e. The molecule has 2 unspecified atom stereocenters. The predicted molar refractivity (Wildman–Crippen MR) is 113 cm³/mol. The van der Waals surface area contributed by atoms with E-state index in [-0.39, 0.29) is 11.0 Å². The van der Waals surface area contributed by atoms with Crippen LogP contribution >= 0.6 is 0 Å². The fourth-order valence-corrected chi connectivity index (χ4v) is 4.76. The van der Waals surface area contributed by atoms with E-state index >= 15 is 0 Å². The highest BCUT2D eigenvalue weighted by atomic mass is 14.8. The topological polar surface area (TPSA) is 26.0 Å². The molecule has 0 aromatic rings. The second-order valence-corrected chi connectivity index (χ2v) is 8.41. The highest BCUT2D eigenvalue weighted by Crippen LogP contribution is 2.50. The van der Waals surface area contributed by atoms with Crippen LogP contribution in [-0.2, 0) is 0 Å². The molecule has 1 aliphatic carbocycles. The third-order valence-corrected chi connectivity index (χ3v) is 6.48. The van der Waals surface area contributed by atoms with Crippen molar-refractivity contribution in [1.82, 2.24) is 0 Å². The minimum Gasteiger partial charge on any atom is -0.324 e. The normalized spacial score (nSPS) is 21.6. The minimum atomic E-state index is -0.0825. The third-order valence-electron chi connectivity index (χ3n) is 6.48. The first-order valence-corrected chi connectivity index (χ1v) is 11.1. The molecular formula is C24H44N. The van der Waals surface area contributed by atoms with Crippen molar-refractivity contribution in [3.8, 4) is 0 Å². The molecule has 0 heterocycles. The third kappa shape index (κ3) is 6.27. The first-order valence-electron chi connectivity index (χ1n) is 11.1. The number of unbranched alkanes of at least 4 members (excludes halogenated alkanes) is 6. The molecule has 0 saturated carbocycles. The smallest absolute Gasteiger partial charge is 0.0252 e. The molecule has 0 aromatic carbocycles. The van der Waals surface area contributed by atoms with Crippen molar-refractivity contribution in [2.75, 3.05) is 0 Å². The van der Waals surface area contributed by atoms with Gasteiger partial charge in [0.15, 0.2) is 0 Å². The maximum atomic E-state index is 7.30. The number of nitrogens with two attached hydrogens (primary N) is 1. The van der Waals surface area contributed by atoms with Gasteiger partial charge in [-0.15, -0.1) is 0 Å². The molecule has 0 aromatic heterocycles. The van der Waals surface area contributed by atoms with Crippen LogP contribution in [0.4, 0.5) is 0 Å². The SMILES string of the molecule is CCCCCCC(N)(CCCCCC)C1(C(C)CCC)C=CC=[C]C1. The Balaban J connectivity index is 2.96. The van der Waals surface area contributed by atoms with Crippen LogP contribution in [0, 0.1) is 17.4 Å². The van der Waals surface area contributed by atoms with E-state index in [9.17, 15) is 0 Å². The molecule has 2 N–H and O–H groups in total. The van der Waals surface area contributed by atoms with Gasteiger partial charge in [-0.3, -0.25) is 0 Å². The van der Waals surface area contributed by atoms with E-state index in [0.29, 0.717) is 5.92 Å². The summed E-state index contributed by atoms with van der Waals surface area (Å²) in [6.45, 7) is 9.31. The maximum Gasteiger partial charge on any atom is 0.0252 e. The summed E-state index contributed by atoms with van der Waals surface area (Å²) in [7, 11) is 0. The zero-order valence-corrected chi connectivity index (χ0v) is 17.6. The summed E-state index contributed by atoms with van der Waals surface area (Å²) >= 11 is 0. The van der Waals surface area contributed by atoms with Gasteiger partial charge in [0, 0.05) is 11.0 Å². The maximum absolute atomic E-state index is 7.30. The van der Waals surface area contributed by atoms with Crippen molar-refractivity contribution < 1.29 is 0 Å². The van der Waals surface area contributed by atoms with Gasteiger partial charge in [0.05, 0.1) is 0 Å². The van der Waals surface area contributed by atoms with Crippen LogP contribution in [0.5, 0.6) is 0 Å². The molecule has 1 aliphatic rings. The Kier molecular flexibility index (Phi) is 10.7. The van der Waals surface area contributed by atoms with Crippen molar-refractivity contribution in [3.05, 3.63) is 24.3 Å². The summed E-state index contributed by atoms with van der Waals surface area (Å²) in [4.78, 5) is 0. The molecule has 0 saturated heterocycles. The van der Waals surface area contributed by atoms with Gasteiger partial charge in [-0.25, -0.2) is 0 Å².